The molecule has 4 atom stereocenters. The smallest absolute Gasteiger partial charge is 0.503 e. The number of hydrogen-bond donors (Lipinski definition) is 2. The molecule has 236 valence electrons. The highest BCUT2D eigenvalue weighted by molar-refractivity contribution is 5.97. The second-order valence-corrected chi connectivity index (χ2v) is 11.0. The third kappa shape index (κ3) is 9.11. The first-order valence-electron chi connectivity index (χ1n) is 14.7. The number of halogens is 3. The molecular weight excluding hydrogens is 577 g/mol. The van der Waals surface area contributed by atoms with Gasteiger partial charge in [-0.15, -0.1) is 13.2 Å². The van der Waals surface area contributed by atoms with Gasteiger partial charge in [-0.05, 0) is 74.6 Å². The normalized spacial score (nSPS) is 20.9. The molecule has 3 aromatic rings. The zero-order valence-electron chi connectivity index (χ0n) is 24.7. The fourth-order valence-electron chi connectivity index (χ4n) is 5.78. The highest BCUT2D eigenvalue weighted by Crippen LogP contribution is 2.34. The van der Waals surface area contributed by atoms with Gasteiger partial charge in [-0.2, -0.15) is 0 Å². The number of aromatic hydroxyl groups is 1. The van der Waals surface area contributed by atoms with E-state index < -0.39 is 36.1 Å². The third-order valence-electron chi connectivity index (χ3n) is 8.00. The van der Waals surface area contributed by atoms with Gasteiger partial charge in [-0.3, -0.25) is 4.79 Å². The quantitative estimate of drug-likeness (QED) is 0.254. The maximum absolute atomic E-state index is 13.3. The summed E-state index contributed by atoms with van der Waals surface area (Å²) in [6, 6.07) is 16.4. The first kappa shape index (κ1) is 32.6. The molecule has 2 heterocycles. The predicted octanol–water partition coefficient (Wildman–Crippen LogP) is 6.41. The molecule has 11 heteroatoms. The summed E-state index contributed by atoms with van der Waals surface area (Å²) in [5, 5.41) is 13.0. The zero-order chi connectivity index (χ0) is 31.7. The highest BCUT2D eigenvalue weighted by Gasteiger charge is 2.35. The van der Waals surface area contributed by atoms with Crippen molar-refractivity contribution in [2.24, 2.45) is 11.8 Å². The number of ether oxygens (including phenoxy) is 3. The summed E-state index contributed by atoms with van der Waals surface area (Å²) in [7, 11) is 1.35. The van der Waals surface area contributed by atoms with Gasteiger partial charge in [0, 0.05) is 18.2 Å². The fourth-order valence-corrected chi connectivity index (χ4v) is 5.78. The van der Waals surface area contributed by atoms with Gasteiger partial charge in [0.2, 0.25) is 0 Å². The first-order valence-corrected chi connectivity index (χ1v) is 14.7. The van der Waals surface area contributed by atoms with Gasteiger partial charge < -0.3 is 24.6 Å². The van der Waals surface area contributed by atoms with Crippen molar-refractivity contribution < 1.29 is 42.1 Å². The first-order chi connectivity index (χ1) is 21.0. The van der Waals surface area contributed by atoms with Gasteiger partial charge in [-0.1, -0.05) is 48.9 Å². The number of pyridine rings is 1. The Bertz CT molecular complexity index is 1380. The number of rotatable bonds is 10. The minimum atomic E-state index is -4.78. The molecule has 1 amide bonds. The number of cyclic esters (lactones) is 1. The summed E-state index contributed by atoms with van der Waals surface area (Å²) in [5.74, 6) is -1.96. The molecule has 0 bridgehead atoms. The summed E-state index contributed by atoms with van der Waals surface area (Å²) in [6.45, 7) is 1.81. The molecule has 1 aromatic heterocycles. The number of carbonyl (C=O) groups excluding carboxylic acids is 2. The molecule has 1 fully saturated rings. The van der Waals surface area contributed by atoms with Crippen LogP contribution in [0.1, 0.15) is 60.6 Å². The molecule has 0 saturated carbocycles. The van der Waals surface area contributed by atoms with E-state index in [0.717, 1.165) is 31.2 Å². The Morgan fingerprint density at radius 1 is 1.07 bits per heavy atom. The van der Waals surface area contributed by atoms with Gasteiger partial charge in [-0.25, -0.2) is 9.78 Å². The highest BCUT2D eigenvalue weighted by atomic mass is 19.4. The number of nitrogens with zero attached hydrogens (tertiary/aromatic N) is 1. The van der Waals surface area contributed by atoms with Crippen LogP contribution in [0.4, 0.5) is 13.2 Å². The van der Waals surface area contributed by atoms with Crippen molar-refractivity contribution in [3.05, 3.63) is 83.7 Å². The molecule has 0 radical (unpaired) electrons. The average molecular weight is 615 g/mol. The molecular formula is C33H37F3N2O6. The van der Waals surface area contributed by atoms with Crippen LogP contribution >= 0.6 is 0 Å². The Kier molecular flexibility index (Phi) is 11.1. The minimum Gasteiger partial charge on any atom is -0.503 e. The number of esters is 1. The number of amides is 1. The van der Waals surface area contributed by atoms with Crippen LogP contribution < -0.4 is 14.8 Å². The van der Waals surface area contributed by atoms with E-state index in [0.29, 0.717) is 19.3 Å². The number of aromatic nitrogens is 1. The van der Waals surface area contributed by atoms with E-state index in [1.54, 1.807) is 12.1 Å². The van der Waals surface area contributed by atoms with Crippen LogP contribution in [-0.2, 0) is 22.4 Å². The van der Waals surface area contributed by atoms with Crippen LogP contribution in [0.3, 0.4) is 0 Å². The van der Waals surface area contributed by atoms with Crippen LogP contribution in [0.25, 0.3) is 0 Å². The van der Waals surface area contributed by atoms with Crippen molar-refractivity contribution in [3.63, 3.8) is 0 Å². The van der Waals surface area contributed by atoms with Crippen LogP contribution in [0.15, 0.2) is 66.9 Å². The van der Waals surface area contributed by atoms with E-state index in [1.165, 1.54) is 37.1 Å². The van der Waals surface area contributed by atoms with Crippen LogP contribution in [0.2, 0.25) is 0 Å². The molecule has 4 rings (SSSR count). The molecule has 1 saturated heterocycles. The predicted molar refractivity (Wildman–Crippen MR) is 156 cm³/mol. The second-order valence-electron chi connectivity index (χ2n) is 11.0. The SMILES string of the molecule is COc1ccnc(C(=O)NC2CCCC(CCCc3ccccc3)C(Cc3ccc(OC(F)(F)F)cc3)C(C)OC2=O)c1O. The molecule has 0 aliphatic carbocycles. The number of carbonyl (C=O) groups is 2. The number of methoxy groups -OCH3 is 1. The van der Waals surface area contributed by atoms with E-state index in [1.807, 2.05) is 25.1 Å². The number of aryl methyl sites for hydroxylation is 1. The van der Waals surface area contributed by atoms with E-state index >= 15 is 0 Å². The number of nitrogens with one attached hydrogen (secondary N) is 1. The maximum atomic E-state index is 13.3. The molecule has 1 aliphatic rings. The summed E-state index contributed by atoms with van der Waals surface area (Å²) < 4.78 is 53.0. The largest absolute Gasteiger partial charge is 0.573 e. The van der Waals surface area contributed by atoms with E-state index in [-0.39, 0.29) is 29.0 Å². The summed E-state index contributed by atoms with van der Waals surface area (Å²) in [6.07, 6.45) is 0.833. The van der Waals surface area contributed by atoms with Gasteiger partial charge in [0.05, 0.1) is 7.11 Å². The van der Waals surface area contributed by atoms with Gasteiger partial charge >= 0.3 is 12.3 Å². The van der Waals surface area contributed by atoms with Crippen LogP contribution in [0.5, 0.6) is 17.2 Å². The lowest BCUT2D eigenvalue weighted by molar-refractivity contribution is -0.274. The van der Waals surface area contributed by atoms with Gasteiger partial charge in [0.25, 0.3) is 5.91 Å². The topological polar surface area (TPSA) is 107 Å². The summed E-state index contributed by atoms with van der Waals surface area (Å²) in [5.41, 5.74) is 1.76. The lowest BCUT2D eigenvalue weighted by Crippen LogP contribution is -2.43. The standard InChI is InChI=1S/C33H37F3N2O6/c1-21-26(20-23-14-16-25(17-15-23)44-33(34,35)36)24(11-6-10-22-8-4-3-5-9-22)12-7-13-27(32(41)43-21)38-31(40)29-30(39)28(42-2)18-19-37-29/h3-5,8-9,14-19,21,24,26-27,39H,6-7,10-13,20H2,1-2H3,(H,38,40). The minimum absolute atomic E-state index is 0.0787. The molecule has 8 nitrogen and oxygen atoms in total. The van der Waals surface area contributed by atoms with Crippen LogP contribution in [0, 0.1) is 11.8 Å². The Hall–Kier alpha value is -4.28. The van der Waals surface area contributed by atoms with Gasteiger partial charge in [0.1, 0.15) is 17.9 Å². The van der Waals surface area contributed by atoms with Crippen molar-refractivity contribution in [2.75, 3.05) is 7.11 Å². The molecule has 1 aliphatic heterocycles. The summed E-state index contributed by atoms with van der Waals surface area (Å²) >= 11 is 0. The Morgan fingerprint density at radius 3 is 2.48 bits per heavy atom. The van der Waals surface area contributed by atoms with Crippen LogP contribution in [-0.4, -0.2) is 47.6 Å². The maximum Gasteiger partial charge on any atom is 0.573 e. The lowest BCUT2D eigenvalue weighted by atomic mass is 9.77. The molecule has 0 spiro atoms. The van der Waals surface area contributed by atoms with Crippen molar-refractivity contribution in [2.45, 2.75) is 70.4 Å². The van der Waals surface area contributed by atoms with E-state index in [4.69, 9.17) is 9.47 Å². The van der Waals surface area contributed by atoms with Crippen molar-refractivity contribution >= 4 is 11.9 Å². The number of alkyl halides is 3. The molecule has 4 unspecified atom stereocenters. The van der Waals surface area contributed by atoms with Crippen molar-refractivity contribution in [1.82, 2.24) is 10.3 Å². The number of benzene rings is 2. The zero-order valence-corrected chi connectivity index (χ0v) is 24.7. The Morgan fingerprint density at radius 2 is 1.80 bits per heavy atom. The summed E-state index contributed by atoms with van der Waals surface area (Å²) in [4.78, 5) is 30.3. The Labute approximate surface area is 254 Å². The van der Waals surface area contributed by atoms with Gasteiger partial charge in [0.15, 0.2) is 17.2 Å². The number of hydrogen-bond acceptors (Lipinski definition) is 7. The van der Waals surface area contributed by atoms with Crippen molar-refractivity contribution in [1.29, 1.82) is 0 Å². The molecule has 2 aromatic carbocycles. The fraction of sp³-hybridized carbons (Fsp3) is 0.424. The average Bonchev–Trinajstić information content (AvgIpc) is 3.03. The van der Waals surface area contributed by atoms with Crippen molar-refractivity contribution in [3.8, 4) is 17.2 Å². The Balaban J connectivity index is 1.51. The lowest BCUT2D eigenvalue weighted by Gasteiger charge is -2.31. The van der Waals surface area contributed by atoms with E-state index in [2.05, 4.69) is 27.2 Å². The van der Waals surface area contributed by atoms with E-state index in [9.17, 15) is 27.9 Å². The third-order valence-corrected chi connectivity index (χ3v) is 8.00. The molecule has 2 N–H and O–H groups in total. The molecule has 44 heavy (non-hydrogen) atoms. The second kappa shape index (κ2) is 14.9. The monoisotopic (exact) mass is 614 g/mol.